The van der Waals surface area contributed by atoms with Crippen molar-refractivity contribution in [3.05, 3.63) is 71.5 Å². The van der Waals surface area contributed by atoms with Gasteiger partial charge in [-0.2, -0.15) is 18.3 Å². The molecule has 3 N–H and O–H groups in total. The van der Waals surface area contributed by atoms with E-state index < -0.39 is 30.3 Å². The first kappa shape index (κ1) is 30.0. The van der Waals surface area contributed by atoms with E-state index in [4.69, 9.17) is 9.47 Å². The zero-order valence-corrected chi connectivity index (χ0v) is 23.4. The van der Waals surface area contributed by atoms with Gasteiger partial charge in [-0.1, -0.05) is 55.1 Å². The lowest BCUT2D eigenvalue weighted by Gasteiger charge is -2.41. The van der Waals surface area contributed by atoms with Crippen LogP contribution in [0.4, 0.5) is 18.9 Å². The Kier molecular flexibility index (Phi) is 9.16. The van der Waals surface area contributed by atoms with Crippen molar-refractivity contribution in [1.29, 1.82) is 0 Å². The Morgan fingerprint density at radius 2 is 1.95 bits per heavy atom. The number of nitrogens with zero attached hydrogens (tertiary/aromatic N) is 3. The number of amides is 2. The van der Waals surface area contributed by atoms with Gasteiger partial charge in [0, 0.05) is 29.5 Å². The number of ether oxygens (including phenoxy) is 2. The molecule has 2 aliphatic rings. The average molecular weight is 606 g/mol. The number of thioether (sulfide) groups is 1. The number of rotatable bonds is 8. The van der Waals surface area contributed by atoms with Crippen molar-refractivity contribution in [2.45, 2.75) is 62.2 Å². The molecule has 0 unspecified atom stereocenters. The highest BCUT2D eigenvalue weighted by Crippen LogP contribution is 2.43. The van der Waals surface area contributed by atoms with E-state index in [-0.39, 0.29) is 37.7 Å². The Bertz CT molecular complexity index is 1380. The normalized spacial score (nSPS) is 24.5. The lowest BCUT2D eigenvalue weighted by atomic mass is 9.91. The standard InChI is InChI=1S/C28H30F3N5O5S/c1-16-22(14-42-27-32-15-33-35-27)40-25(41-23(16)18-9-7-17(13-37)8-10-18)19-4-2-5-20(12-19)34-24(38)21-6-3-11-36(21)26(39)28(29,30)31/h2,4-5,7-10,12,15-16,21-23,25,37H,3,6,11,13-14H2,1H3,(H,34,38)(H,32,33,35)/t16-,21-,22+,23+,25+/m0/s1. The third-order valence-electron chi connectivity index (χ3n) is 7.39. The van der Waals surface area contributed by atoms with Crippen LogP contribution >= 0.6 is 11.8 Å². The number of H-pyrrole nitrogens is 1. The molecule has 0 bridgehead atoms. The van der Waals surface area contributed by atoms with Gasteiger partial charge in [-0.05, 0) is 36.1 Å². The van der Waals surface area contributed by atoms with Crippen LogP contribution in [-0.4, -0.2) is 67.6 Å². The molecule has 2 saturated heterocycles. The molecule has 5 atom stereocenters. The molecule has 0 saturated carbocycles. The molecule has 14 heteroatoms. The van der Waals surface area contributed by atoms with E-state index >= 15 is 0 Å². The molecule has 2 fully saturated rings. The van der Waals surface area contributed by atoms with Gasteiger partial charge in [-0.25, -0.2) is 4.98 Å². The highest BCUT2D eigenvalue weighted by molar-refractivity contribution is 7.99. The number of aliphatic hydroxyl groups is 1. The molecule has 2 amide bonds. The first-order valence-electron chi connectivity index (χ1n) is 13.4. The summed E-state index contributed by atoms with van der Waals surface area (Å²) < 4.78 is 51.9. The summed E-state index contributed by atoms with van der Waals surface area (Å²) in [6, 6.07) is 13.0. The molecule has 0 radical (unpaired) electrons. The highest BCUT2D eigenvalue weighted by Gasteiger charge is 2.47. The third kappa shape index (κ3) is 6.77. The smallest absolute Gasteiger partial charge is 0.392 e. The summed E-state index contributed by atoms with van der Waals surface area (Å²) in [6.07, 6.45) is -4.65. The summed E-state index contributed by atoms with van der Waals surface area (Å²) in [6.45, 7) is 1.82. The number of hydrogen-bond acceptors (Lipinski definition) is 8. The number of carbonyl (C=O) groups excluding carboxylic acids is 2. The third-order valence-corrected chi connectivity index (χ3v) is 8.35. The van der Waals surface area contributed by atoms with E-state index in [0.29, 0.717) is 33.5 Å². The van der Waals surface area contributed by atoms with Crippen LogP contribution in [-0.2, 0) is 25.7 Å². The molecule has 10 nitrogen and oxygen atoms in total. The second-order valence-electron chi connectivity index (χ2n) is 10.2. The van der Waals surface area contributed by atoms with Gasteiger partial charge < -0.3 is 24.8 Å². The lowest BCUT2D eigenvalue weighted by molar-refractivity contribution is -0.268. The van der Waals surface area contributed by atoms with E-state index in [2.05, 4.69) is 20.5 Å². The van der Waals surface area contributed by atoms with Gasteiger partial charge in [0.15, 0.2) is 11.4 Å². The summed E-state index contributed by atoms with van der Waals surface area (Å²) >= 11 is 1.46. The first-order chi connectivity index (χ1) is 20.1. The molecule has 3 aromatic rings. The van der Waals surface area contributed by atoms with Gasteiger partial charge in [0.05, 0.1) is 18.8 Å². The predicted molar refractivity (Wildman–Crippen MR) is 146 cm³/mol. The monoisotopic (exact) mass is 605 g/mol. The summed E-state index contributed by atoms with van der Waals surface area (Å²) in [7, 11) is 0. The van der Waals surface area contributed by atoms with Crippen LogP contribution in [0, 0.1) is 5.92 Å². The van der Waals surface area contributed by atoms with Gasteiger partial charge in [0.2, 0.25) is 5.91 Å². The summed E-state index contributed by atoms with van der Waals surface area (Å²) in [4.78, 5) is 29.5. The summed E-state index contributed by atoms with van der Waals surface area (Å²) in [5.41, 5.74) is 2.61. The maximum atomic E-state index is 13.0. The minimum Gasteiger partial charge on any atom is -0.392 e. The topological polar surface area (TPSA) is 130 Å². The van der Waals surface area contributed by atoms with Gasteiger partial charge in [0.1, 0.15) is 12.4 Å². The fourth-order valence-electron chi connectivity index (χ4n) is 5.17. The van der Waals surface area contributed by atoms with Gasteiger partial charge in [-0.15, -0.1) is 0 Å². The molecule has 0 spiro atoms. The van der Waals surface area contributed by atoms with Crippen molar-refractivity contribution in [2.75, 3.05) is 17.6 Å². The number of aromatic amines is 1. The van der Waals surface area contributed by atoms with Gasteiger partial charge in [0.25, 0.3) is 0 Å². The quantitative estimate of drug-likeness (QED) is 0.323. The number of aromatic nitrogens is 3. The number of benzene rings is 2. The predicted octanol–water partition coefficient (Wildman–Crippen LogP) is 4.37. The lowest BCUT2D eigenvalue weighted by Crippen LogP contribution is -2.48. The maximum absolute atomic E-state index is 13.0. The van der Waals surface area contributed by atoms with Crippen LogP contribution in [0.2, 0.25) is 0 Å². The SMILES string of the molecule is C[C@H]1[C@@H](CSc2ncn[nH]2)O[C@@H](c2cccc(NC(=O)[C@@H]3CCCN3C(=O)C(F)(F)F)c2)O[C@H]1c1ccc(CO)cc1. The molecular weight excluding hydrogens is 575 g/mol. The summed E-state index contributed by atoms with van der Waals surface area (Å²) in [5, 5.41) is 19.5. The van der Waals surface area contributed by atoms with Crippen LogP contribution in [0.3, 0.4) is 0 Å². The Morgan fingerprint density at radius 1 is 1.17 bits per heavy atom. The number of alkyl halides is 3. The number of likely N-dealkylation sites (tertiary alicyclic amines) is 1. The Morgan fingerprint density at radius 3 is 2.64 bits per heavy atom. The van der Waals surface area contributed by atoms with Crippen LogP contribution in [0.25, 0.3) is 0 Å². The van der Waals surface area contributed by atoms with Crippen molar-refractivity contribution >= 4 is 29.3 Å². The van der Waals surface area contributed by atoms with Crippen molar-refractivity contribution in [3.8, 4) is 0 Å². The van der Waals surface area contributed by atoms with E-state index in [1.807, 2.05) is 31.2 Å². The first-order valence-corrected chi connectivity index (χ1v) is 14.4. The Hall–Kier alpha value is -3.46. The van der Waals surface area contributed by atoms with Crippen LogP contribution < -0.4 is 5.32 Å². The number of aliphatic hydroxyl groups excluding tert-OH is 1. The molecule has 5 rings (SSSR count). The Balaban J connectivity index is 1.34. The van der Waals surface area contributed by atoms with Crippen LogP contribution in [0.5, 0.6) is 0 Å². The molecule has 2 aliphatic heterocycles. The van der Waals surface area contributed by atoms with Crippen molar-refractivity contribution < 1.29 is 37.3 Å². The fourth-order valence-corrected chi connectivity index (χ4v) is 6.11. The van der Waals surface area contributed by atoms with Crippen molar-refractivity contribution in [3.63, 3.8) is 0 Å². The number of anilines is 1. The number of hydrogen-bond donors (Lipinski definition) is 3. The highest BCUT2D eigenvalue weighted by atomic mass is 32.2. The molecule has 1 aromatic heterocycles. The fraction of sp³-hybridized carbons (Fsp3) is 0.429. The van der Waals surface area contributed by atoms with Crippen LogP contribution in [0.15, 0.2) is 60.0 Å². The molecular formula is C28H30F3N5O5S. The average Bonchev–Trinajstić information content (AvgIpc) is 3.69. The molecule has 0 aliphatic carbocycles. The van der Waals surface area contributed by atoms with Crippen molar-refractivity contribution in [1.82, 2.24) is 20.1 Å². The number of carbonyl (C=O) groups is 2. The molecule has 2 aromatic carbocycles. The van der Waals surface area contributed by atoms with Gasteiger partial charge in [-0.3, -0.25) is 14.7 Å². The largest absolute Gasteiger partial charge is 0.471 e. The zero-order valence-electron chi connectivity index (χ0n) is 22.6. The minimum absolute atomic E-state index is 0.0703. The van der Waals surface area contributed by atoms with Crippen LogP contribution in [0.1, 0.15) is 48.8 Å². The summed E-state index contributed by atoms with van der Waals surface area (Å²) in [5.74, 6) is -2.23. The van der Waals surface area contributed by atoms with E-state index in [1.165, 1.54) is 18.1 Å². The van der Waals surface area contributed by atoms with Crippen molar-refractivity contribution in [2.24, 2.45) is 5.92 Å². The second kappa shape index (κ2) is 12.8. The second-order valence-corrected chi connectivity index (χ2v) is 11.2. The van der Waals surface area contributed by atoms with Gasteiger partial charge >= 0.3 is 12.1 Å². The zero-order chi connectivity index (χ0) is 29.9. The molecule has 3 heterocycles. The number of halogens is 3. The minimum atomic E-state index is -5.05. The molecule has 42 heavy (non-hydrogen) atoms. The van der Waals surface area contributed by atoms with E-state index in [1.54, 1.807) is 24.3 Å². The van der Waals surface area contributed by atoms with E-state index in [9.17, 15) is 27.9 Å². The Labute approximate surface area is 244 Å². The maximum Gasteiger partial charge on any atom is 0.471 e. The number of nitrogens with one attached hydrogen (secondary N) is 2. The van der Waals surface area contributed by atoms with E-state index in [0.717, 1.165) is 11.1 Å². The molecule has 224 valence electrons.